The van der Waals surface area contributed by atoms with Gasteiger partial charge in [0.25, 0.3) is 0 Å². The average molecular weight is 277 g/mol. The van der Waals surface area contributed by atoms with Gasteiger partial charge in [-0.2, -0.15) is 8.78 Å². The minimum atomic E-state index is -2.83. The molecule has 2 aromatic rings. The van der Waals surface area contributed by atoms with Crippen LogP contribution in [-0.2, 0) is 0 Å². The van der Waals surface area contributed by atoms with Gasteiger partial charge in [-0.1, -0.05) is 41.5 Å². The summed E-state index contributed by atoms with van der Waals surface area (Å²) in [4.78, 5) is 0. The minimum Gasteiger partial charge on any atom is -0.435 e. The first-order valence-electron chi connectivity index (χ1n) is 6.34. The summed E-state index contributed by atoms with van der Waals surface area (Å²) in [5.74, 6) is 0.123. The molecule has 2 rings (SSSR count). The van der Waals surface area contributed by atoms with Crippen molar-refractivity contribution in [2.75, 3.05) is 0 Å². The van der Waals surface area contributed by atoms with Crippen LogP contribution in [0.5, 0.6) is 5.75 Å². The van der Waals surface area contributed by atoms with Crippen molar-refractivity contribution in [1.82, 2.24) is 0 Å². The van der Waals surface area contributed by atoms with Crippen LogP contribution >= 0.6 is 0 Å². The van der Waals surface area contributed by atoms with Gasteiger partial charge in [0.2, 0.25) is 0 Å². The smallest absolute Gasteiger partial charge is 0.387 e. The van der Waals surface area contributed by atoms with E-state index in [4.69, 9.17) is 5.73 Å². The monoisotopic (exact) mass is 277 g/mol. The highest BCUT2D eigenvalue weighted by molar-refractivity contribution is 5.39. The summed E-state index contributed by atoms with van der Waals surface area (Å²) >= 11 is 0. The van der Waals surface area contributed by atoms with Crippen LogP contribution in [0.3, 0.4) is 0 Å². The predicted octanol–water partition coefficient (Wildman–Crippen LogP) is 3.95. The summed E-state index contributed by atoms with van der Waals surface area (Å²) in [6.45, 7) is 1.17. The Morgan fingerprint density at radius 2 is 1.60 bits per heavy atom. The van der Waals surface area contributed by atoms with Gasteiger partial charge in [0.05, 0.1) is 6.04 Å². The number of halogens is 2. The zero-order valence-corrected chi connectivity index (χ0v) is 11.4. The van der Waals surface area contributed by atoms with Crippen molar-refractivity contribution in [3.8, 4) is 5.75 Å². The number of ether oxygens (including phenoxy) is 1. The van der Waals surface area contributed by atoms with Crippen molar-refractivity contribution in [3.05, 3.63) is 64.7 Å². The third kappa shape index (κ3) is 3.54. The summed E-state index contributed by atoms with van der Waals surface area (Å²) in [7, 11) is 0. The van der Waals surface area contributed by atoms with E-state index in [1.54, 1.807) is 18.2 Å². The van der Waals surface area contributed by atoms with Crippen LogP contribution < -0.4 is 10.5 Å². The Labute approximate surface area is 117 Å². The molecule has 0 amide bonds. The lowest BCUT2D eigenvalue weighted by molar-refractivity contribution is -0.0498. The summed E-state index contributed by atoms with van der Waals surface area (Å²) in [6, 6.07) is 12.2. The van der Waals surface area contributed by atoms with Crippen molar-refractivity contribution in [2.24, 2.45) is 5.73 Å². The van der Waals surface area contributed by atoms with E-state index in [0.29, 0.717) is 0 Å². The molecule has 0 aliphatic carbocycles. The first-order valence-corrected chi connectivity index (χ1v) is 6.34. The zero-order valence-electron chi connectivity index (χ0n) is 11.4. The normalized spacial score (nSPS) is 12.5. The second-order valence-electron chi connectivity index (χ2n) is 4.85. The lowest BCUT2D eigenvalue weighted by atomic mass is 9.96. The molecule has 0 spiro atoms. The van der Waals surface area contributed by atoms with Crippen molar-refractivity contribution in [2.45, 2.75) is 26.5 Å². The maximum atomic E-state index is 12.2. The van der Waals surface area contributed by atoms with E-state index in [0.717, 1.165) is 22.3 Å². The molecule has 0 fully saturated rings. The van der Waals surface area contributed by atoms with Gasteiger partial charge < -0.3 is 10.5 Å². The second-order valence-corrected chi connectivity index (χ2v) is 4.85. The molecule has 0 bridgehead atoms. The molecule has 20 heavy (non-hydrogen) atoms. The van der Waals surface area contributed by atoms with E-state index in [1.807, 2.05) is 26.0 Å². The van der Waals surface area contributed by atoms with E-state index in [9.17, 15) is 8.78 Å². The Hall–Kier alpha value is -1.94. The number of aryl methyl sites for hydroxylation is 2. The van der Waals surface area contributed by atoms with E-state index in [2.05, 4.69) is 10.8 Å². The topological polar surface area (TPSA) is 35.2 Å². The maximum Gasteiger partial charge on any atom is 0.387 e. The standard InChI is InChI=1S/C16H17F2NO/c1-10-6-11(2)8-13(7-10)15(19)12-4-3-5-14(9-12)20-16(17)18/h3-9,15-16H,19H2,1-2H3. The molecule has 1 unspecified atom stereocenters. The van der Waals surface area contributed by atoms with Gasteiger partial charge in [-0.25, -0.2) is 0 Å². The summed E-state index contributed by atoms with van der Waals surface area (Å²) in [5.41, 5.74) is 10.2. The van der Waals surface area contributed by atoms with E-state index in [1.165, 1.54) is 6.07 Å². The number of nitrogens with two attached hydrogens (primary N) is 1. The lowest BCUT2D eigenvalue weighted by Gasteiger charge is -2.15. The first-order chi connectivity index (χ1) is 9.45. The third-order valence-electron chi connectivity index (χ3n) is 3.05. The van der Waals surface area contributed by atoms with Gasteiger partial charge in [-0.3, -0.25) is 0 Å². The van der Waals surface area contributed by atoms with E-state index >= 15 is 0 Å². The number of benzene rings is 2. The fourth-order valence-corrected chi connectivity index (χ4v) is 2.27. The molecule has 2 N–H and O–H groups in total. The number of alkyl halides is 2. The molecule has 0 aromatic heterocycles. The molecule has 2 nitrogen and oxygen atoms in total. The van der Waals surface area contributed by atoms with Gasteiger partial charge in [0.1, 0.15) is 5.75 Å². The molecule has 106 valence electrons. The highest BCUT2D eigenvalue weighted by Crippen LogP contribution is 2.25. The molecule has 0 aliphatic heterocycles. The number of rotatable bonds is 4. The van der Waals surface area contributed by atoms with Crippen LogP contribution in [0, 0.1) is 13.8 Å². The fourth-order valence-electron chi connectivity index (χ4n) is 2.27. The minimum absolute atomic E-state index is 0.123. The lowest BCUT2D eigenvalue weighted by Crippen LogP contribution is -2.12. The number of hydrogen-bond donors (Lipinski definition) is 1. The zero-order chi connectivity index (χ0) is 14.7. The van der Waals surface area contributed by atoms with Crippen molar-refractivity contribution < 1.29 is 13.5 Å². The Bertz CT molecular complexity index is 579. The second kappa shape index (κ2) is 6.01. The van der Waals surface area contributed by atoms with Crippen LogP contribution in [0.2, 0.25) is 0 Å². The quantitative estimate of drug-likeness (QED) is 0.918. The SMILES string of the molecule is Cc1cc(C)cc(C(N)c2cccc(OC(F)F)c2)c1. The Kier molecular flexibility index (Phi) is 4.35. The third-order valence-corrected chi connectivity index (χ3v) is 3.05. The van der Waals surface area contributed by atoms with Gasteiger partial charge in [0, 0.05) is 0 Å². The number of hydrogen-bond acceptors (Lipinski definition) is 2. The van der Waals surface area contributed by atoms with Crippen LogP contribution in [0.4, 0.5) is 8.78 Å². The van der Waals surface area contributed by atoms with Crippen LogP contribution in [0.15, 0.2) is 42.5 Å². The predicted molar refractivity (Wildman–Crippen MR) is 75.0 cm³/mol. The van der Waals surface area contributed by atoms with Gasteiger partial charge in [-0.15, -0.1) is 0 Å². The average Bonchev–Trinajstić information content (AvgIpc) is 2.36. The van der Waals surface area contributed by atoms with Crippen molar-refractivity contribution in [3.63, 3.8) is 0 Å². The fraction of sp³-hybridized carbons (Fsp3) is 0.250. The van der Waals surface area contributed by atoms with Gasteiger partial charge >= 0.3 is 6.61 Å². The van der Waals surface area contributed by atoms with Crippen molar-refractivity contribution in [1.29, 1.82) is 0 Å². The molecule has 4 heteroatoms. The molecule has 0 saturated heterocycles. The summed E-state index contributed by atoms with van der Waals surface area (Å²) in [6.07, 6.45) is 0. The van der Waals surface area contributed by atoms with Crippen LogP contribution in [0.1, 0.15) is 28.3 Å². The molecule has 0 heterocycles. The highest BCUT2D eigenvalue weighted by atomic mass is 19.3. The van der Waals surface area contributed by atoms with Gasteiger partial charge in [-0.05, 0) is 37.1 Å². The Morgan fingerprint density at radius 1 is 0.950 bits per heavy atom. The first kappa shape index (κ1) is 14.5. The van der Waals surface area contributed by atoms with Crippen LogP contribution in [-0.4, -0.2) is 6.61 Å². The van der Waals surface area contributed by atoms with Crippen LogP contribution in [0.25, 0.3) is 0 Å². The summed E-state index contributed by atoms with van der Waals surface area (Å²) in [5, 5.41) is 0. The Morgan fingerprint density at radius 3 is 2.20 bits per heavy atom. The molecule has 2 aromatic carbocycles. The molecule has 0 radical (unpaired) electrons. The molecule has 1 atom stereocenters. The summed E-state index contributed by atoms with van der Waals surface area (Å²) < 4.78 is 28.9. The van der Waals surface area contributed by atoms with Gasteiger partial charge in [0.15, 0.2) is 0 Å². The Balaban J connectivity index is 2.30. The molecule has 0 saturated carbocycles. The van der Waals surface area contributed by atoms with E-state index < -0.39 is 6.61 Å². The molecule has 0 aliphatic rings. The largest absolute Gasteiger partial charge is 0.435 e. The molecular weight excluding hydrogens is 260 g/mol. The van der Waals surface area contributed by atoms with Crippen molar-refractivity contribution >= 4 is 0 Å². The maximum absolute atomic E-state index is 12.2. The van der Waals surface area contributed by atoms with E-state index in [-0.39, 0.29) is 11.8 Å². The molecular formula is C16H17F2NO. The highest BCUT2D eigenvalue weighted by Gasteiger charge is 2.12.